The largest absolute Gasteiger partial charge is 0.394 e. The monoisotopic (exact) mass is 235 g/mol. The van der Waals surface area contributed by atoms with E-state index < -0.39 is 37.3 Å². The second kappa shape index (κ2) is 5.55. The molecule has 0 bridgehead atoms. The number of carbonyl (C=O) groups is 1. The van der Waals surface area contributed by atoms with Gasteiger partial charge in [-0.15, -0.1) is 0 Å². The second-order valence-corrected chi connectivity index (χ2v) is 3.67. The Balaban J connectivity index is 2.77. The summed E-state index contributed by atoms with van der Waals surface area (Å²) in [7, 11) is 1.35. The van der Waals surface area contributed by atoms with Crippen LogP contribution in [0.5, 0.6) is 0 Å². The third-order valence-electron chi connectivity index (χ3n) is 2.48. The van der Waals surface area contributed by atoms with Crippen molar-refractivity contribution in [1.82, 2.24) is 5.32 Å². The molecule has 94 valence electrons. The van der Waals surface area contributed by atoms with E-state index >= 15 is 0 Å². The van der Waals surface area contributed by atoms with Gasteiger partial charge in [0.1, 0.15) is 24.4 Å². The summed E-state index contributed by atoms with van der Waals surface area (Å²) < 4.78 is 10.1. The molecule has 5 atom stereocenters. The molecule has 1 heterocycles. The first-order valence-electron chi connectivity index (χ1n) is 4.93. The fourth-order valence-electron chi connectivity index (χ4n) is 1.67. The summed E-state index contributed by atoms with van der Waals surface area (Å²) in [6.07, 6.45) is -4.35. The van der Waals surface area contributed by atoms with Crippen molar-refractivity contribution in [2.45, 2.75) is 37.6 Å². The highest BCUT2D eigenvalue weighted by Crippen LogP contribution is 2.21. The molecule has 1 amide bonds. The van der Waals surface area contributed by atoms with Crippen LogP contribution in [0.25, 0.3) is 0 Å². The van der Waals surface area contributed by atoms with Gasteiger partial charge < -0.3 is 30.1 Å². The van der Waals surface area contributed by atoms with Gasteiger partial charge in [-0.2, -0.15) is 0 Å². The maximum atomic E-state index is 10.9. The van der Waals surface area contributed by atoms with E-state index in [1.54, 1.807) is 0 Å². The number of rotatable bonds is 3. The van der Waals surface area contributed by atoms with E-state index in [-0.39, 0.29) is 5.91 Å². The molecule has 1 rings (SSSR count). The predicted octanol–water partition coefficient (Wildman–Crippen LogP) is -2.42. The molecule has 7 heteroatoms. The fourth-order valence-corrected chi connectivity index (χ4v) is 1.67. The van der Waals surface area contributed by atoms with E-state index in [4.69, 9.17) is 14.6 Å². The quantitative estimate of drug-likeness (QED) is 0.433. The van der Waals surface area contributed by atoms with Crippen molar-refractivity contribution < 1.29 is 29.6 Å². The lowest BCUT2D eigenvalue weighted by Crippen LogP contribution is -2.64. The number of hydrogen-bond acceptors (Lipinski definition) is 6. The third-order valence-corrected chi connectivity index (χ3v) is 2.48. The van der Waals surface area contributed by atoms with Gasteiger partial charge >= 0.3 is 0 Å². The molecule has 4 N–H and O–H groups in total. The summed E-state index contributed by atoms with van der Waals surface area (Å²) in [6, 6.07) is -0.861. The van der Waals surface area contributed by atoms with Gasteiger partial charge in [-0.05, 0) is 0 Å². The Labute approximate surface area is 93.0 Å². The molecule has 1 saturated heterocycles. The van der Waals surface area contributed by atoms with Crippen LogP contribution in [0.2, 0.25) is 0 Å². The highest BCUT2D eigenvalue weighted by atomic mass is 16.7. The highest BCUT2D eigenvalue weighted by Gasteiger charge is 2.44. The molecule has 1 aliphatic heterocycles. The van der Waals surface area contributed by atoms with Gasteiger partial charge in [-0.1, -0.05) is 0 Å². The number of nitrogens with one attached hydrogen (secondary N) is 1. The van der Waals surface area contributed by atoms with Crippen LogP contribution in [0.1, 0.15) is 6.92 Å². The average Bonchev–Trinajstić information content (AvgIpc) is 2.25. The molecule has 7 nitrogen and oxygen atoms in total. The van der Waals surface area contributed by atoms with E-state index in [0.717, 1.165) is 0 Å². The zero-order chi connectivity index (χ0) is 12.3. The van der Waals surface area contributed by atoms with E-state index in [2.05, 4.69) is 5.32 Å². The molecule has 1 fully saturated rings. The zero-order valence-electron chi connectivity index (χ0n) is 9.16. The number of carbonyl (C=O) groups excluding carboxylic acids is 1. The second-order valence-electron chi connectivity index (χ2n) is 3.67. The first-order chi connectivity index (χ1) is 7.51. The van der Waals surface area contributed by atoms with Crippen LogP contribution < -0.4 is 5.32 Å². The highest BCUT2D eigenvalue weighted by molar-refractivity contribution is 5.73. The lowest BCUT2D eigenvalue weighted by molar-refractivity contribution is -0.262. The molecule has 0 saturated carbocycles. The van der Waals surface area contributed by atoms with Crippen molar-refractivity contribution in [2.24, 2.45) is 0 Å². The Morgan fingerprint density at radius 3 is 2.50 bits per heavy atom. The molecular weight excluding hydrogens is 218 g/mol. The van der Waals surface area contributed by atoms with Crippen molar-refractivity contribution in [3.8, 4) is 0 Å². The molecule has 1 unspecified atom stereocenters. The van der Waals surface area contributed by atoms with E-state index in [1.165, 1.54) is 14.0 Å². The lowest BCUT2D eigenvalue weighted by atomic mass is 9.97. The molecule has 0 spiro atoms. The maximum Gasteiger partial charge on any atom is 0.217 e. The van der Waals surface area contributed by atoms with Crippen LogP contribution in [0, 0.1) is 0 Å². The lowest BCUT2D eigenvalue weighted by Gasteiger charge is -2.41. The van der Waals surface area contributed by atoms with Crippen molar-refractivity contribution in [3.63, 3.8) is 0 Å². The molecule has 0 aliphatic carbocycles. The molecule has 0 aromatic heterocycles. The Bertz CT molecular complexity index is 246. The Morgan fingerprint density at radius 2 is 2.06 bits per heavy atom. The van der Waals surface area contributed by atoms with Crippen molar-refractivity contribution in [3.05, 3.63) is 0 Å². The van der Waals surface area contributed by atoms with Gasteiger partial charge in [0.05, 0.1) is 6.61 Å². The molecule has 1 aliphatic rings. The van der Waals surface area contributed by atoms with Gasteiger partial charge in [0, 0.05) is 14.0 Å². The first kappa shape index (κ1) is 13.3. The molecule has 0 aromatic rings. The molecule has 0 radical (unpaired) electrons. The number of aliphatic hydroxyl groups excluding tert-OH is 3. The van der Waals surface area contributed by atoms with Crippen molar-refractivity contribution in [1.29, 1.82) is 0 Å². The molecule has 0 aromatic carbocycles. The molecule has 16 heavy (non-hydrogen) atoms. The summed E-state index contributed by atoms with van der Waals surface area (Å²) in [4.78, 5) is 10.9. The molecular formula is C9H17NO6. The number of amides is 1. The summed E-state index contributed by atoms with van der Waals surface area (Å²) in [5, 5.41) is 30.7. The number of ether oxygens (including phenoxy) is 2. The number of hydrogen-bond donors (Lipinski definition) is 4. The SMILES string of the molecule is COC1O[C@H](CO)[C@H](O)[C@H](O)[C@H]1NC(C)=O. The zero-order valence-corrected chi connectivity index (χ0v) is 9.16. The van der Waals surface area contributed by atoms with Crippen LogP contribution in [-0.2, 0) is 14.3 Å². The Hall–Kier alpha value is -0.730. The minimum atomic E-state index is -1.27. The minimum Gasteiger partial charge on any atom is -0.394 e. The standard InChI is InChI=1S/C9H17NO6/c1-4(12)10-6-8(14)7(13)5(3-11)16-9(6)15-2/h5-9,11,13-14H,3H2,1-2H3,(H,10,12)/t5-,6-,7+,8-,9?/m1/s1. The van der Waals surface area contributed by atoms with Crippen molar-refractivity contribution in [2.75, 3.05) is 13.7 Å². The van der Waals surface area contributed by atoms with Crippen LogP contribution in [0.15, 0.2) is 0 Å². The fraction of sp³-hybridized carbons (Fsp3) is 0.889. The van der Waals surface area contributed by atoms with Gasteiger partial charge in [0.15, 0.2) is 6.29 Å². The smallest absolute Gasteiger partial charge is 0.217 e. The summed E-state index contributed by atoms with van der Waals surface area (Å²) in [6.45, 7) is 0.842. The summed E-state index contributed by atoms with van der Waals surface area (Å²) in [5.41, 5.74) is 0. The van der Waals surface area contributed by atoms with Gasteiger partial charge in [0.25, 0.3) is 0 Å². The topological polar surface area (TPSA) is 108 Å². The van der Waals surface area contributed by atoms with Gasteiger partial charge in [0.2, 0.25) is 5.91 Å². The van der Waals surface area contributed by atoms with Crippen LogP contribution in [0.4, 0.5) is 0 Å². The van der Waals surface area contributed by atoms with Crippen LogP contribution in [0.3, 0.4) is 0 Å². The first-order valence-corrected chi connectivity index (χ1v) is 4.93. The van der Waals surface area contributed by atoms with E-state index in [0.29, 0.717) is 0 Å². The average molecular weight is 235 g/mol. The number of methoxy groups -OCH3 is 1. The van der Waals surface area contributed by atoms with Crippen LogP contribution >= 0.6 is 0 Å². The Kier molecular flexibility index (Phi) is 4.63. The maximum absolute atomic E-state index is 10.9. The summed E-state index contributed by atoms with van der Waals surface area (Å²) in [5.74, 6) is -0.371. The minimum absolute atomic E-state index is 0.371. The number of aliphatic hydroxyl groups is 3. The van der Waals surface area contributed by atoms with E-state index in [9.17, 15) is 15.0 Å². The van der Waals surface area contributed by atoms with Crippen molar-refractivity contribution >= 4 is 5.91 Å². The normalized spacial score (nSPS) is 39.4. The predicted molar refractivity (Wildman–Crippen MR) is 52.4 cm³/mol. The van der Waals surface area contributed by atoms with Crippen LogP contribution in [-0.4, -0.2) is 65.6 Å². The Morgan fingerprint density at radius 1 is 1.44 bits per heavy atom. The van der Waals surface area contributed by atoms with E-state index in [1.807, 2.05) is 0 Å². The summed E-state index contributed by atoms with van der Waals surface area (Å²) >= 11 is 0. The van der Waals surface area contributed by atoms with Gasteiger partial charge in [-0.25, -0.2) is 0 Å². The third kappa shape index (κ3) is 2.69. The van der Waals surface area contributed by atoms with Gasteiger partial charge in [-0.3, -0.25) is 4.79 Å².